The molecule has 0 aromatic heterocycles. The van der Waals surface area contributed by atoms with Gasteiger partial charge in [-0.25, -0.2) is 0 Å². The van der Waals surface area contributed by atoms with Gasteiger partial charge >= 0.3 is 0 Å². The summed E-state index contributed by atoms with van der Waals surface area (Å²) in [7, 11) is 6.33. The molecule has 4 rings (SSSR count). The van der Waals surface area contributed by atoms with E-state index in [0.717, 1.165) is 11.1 Å². The molecule has 2 saturated heterocycles. The van der Waals surface area contributed by atoms with Crippen molar-refractivity contribution < 1.29 is 33.5 Å². The summed E-state index contributed by atoms with van der Waals surface area (Å²) < 4.78 is 34.0. The summed E-state index contributed by atoms with van der Waals surface area (Å²) in [5.41, 5.74) is 1.95. The molecular formula is C22H26O7. The monoisotopic (exact) mass is 402 g/mol. The van der Waals surface area contributed by atoms with Crippen molar-refractivity contribution >= 4 is 0 Å². The second-order valence-electron chi connectivity index (χ2n) is 7.23. The van der Waals surface area contributed by atoms with Gasteiger partial charge in [0.15, 0.2) is 23.0 Å². The highest BCUT2D eigenvalue weighted by Gasteiger charge is 2.48. The van der Waals surface area contributed by atoms with Crippen LogP contribution in [0.25, 0.3) is 0 Å². The zero-order chi connectivity index (χ0) is 20.5. The molecule has 4 atom stereocenters. The predicted octanol–water partition coefficient (Wildman–Crippen LogP) is 3.50. The molecule has 0 spiro atoms. The van der Waals surface area contributed by atoms with Crippen LogP contribution in [0.2, 0.25) is 0 Å². The Morgan fingerprint density at radius 1 is 0.724 bits per heavy atom. The maximum absolute atomic E-state index is 9.87. The first kappa shape index (κ1) is 19.7. The van der Waals surface area contributed by atoms with Gasteiger partial charge in [-0.05, 0) is 35.4 Å². The summed E-state index contributed by atoms with van der Waals surface area (Å²) in [5, 5.41) is 9.87. The summed E-state index contributed by atoms with van der Waals surface area (Å²) in [6.07, 6.45) is -0.237. The third-order valence-corrected chi connectivity index (χ3v) is 5.81. The molecule has 0 aliphatic carbocycles. The molecule has 2 aromatic rings. The summed E-state index contributed by atoms with van der Waals surface area (Å²) in [6.45, 7) is 1.17. The average Bonchev–Trinajstić information content (AvgIpc) is 3.35. The van der Waals surface area contributed by atoms with Gasteiger partial charge in [-0.2, -0.15) is 0 Å². The zero-order valence-corrected chi connectivity index (χ0v) is 17.0. The molecule has 2 aliphatic rings. The van der Waals surface area contributed by atoms with Gasteiger partial charge in [0, 0.05) is 11.8 Å². The van der Waals surface area contributed by atoms with E-state index in [1.165, 1.54) is 7.11 Å². The highest BCUT2D eigenvalue weighted by molar-refractivity contribution is 5.54. The summed E-state index contributed by atoms with van der Waals surface area (Å²) in [4.78, 5) is 0. The SMILES string of the molecule is COc1cc(C2OC[C@@H]3C(c4cc(OC)c(OC)c(OC)c4)OC[C@H]23)ccc1O. The van der Waals surface area contributed by atoms with E-state index in [4.69, 9.17) is 28.4 Å². The number of benzene rings is 2. The Balaban J connectivity index is 1.61. The van der Waals surface area contributed by atoms with Crippen LogP contribution >= 0.6 is 0 Å². The van der Waals surface area contributed by atoms with Crippen molar-refractivity contribution in [1.29, 1.82) is 0 Å². The van der Waals surface area contributed by atoms with Crippen molar-refractivity contribution in [1.82, 2.24) is 0 Å². The minimum Gasteiger partial charge on any atom is -0.504 e. The van der Waals surface area contributed by atoms with Crippen molar-refractivity contribution in [2.45, 2.75) is 12.2 Å². The molecule has 2 aromatic carbocycles. The summed E-state index contributed by atoms with van der Waals surface area (Å²) in [5.74, 6) is 2.72. The van der Waals surface area contributed by atoms with Gasteiger partial charge in [0.05, 0.1) is 53.9 Å². The standard InChI is InChI=1S/C22H26O7/c1-24-17-7-12(5-6-16(17)23)20-14-10-29-21(15(14)11-28-20)13-8-18(25-2)22(27-4)19(9-13)26-3/h5-9,14-15,20-21,23H,10-11H2,1-4H3/t14-,15-,20?,21?/m0/s1. The van der Waals surface area contributed by atoms with Crippen molar-refractivity contribution in [2.24, 2.45) is 11.8 Å². The number of hydrogen-bond acceptors (Lipinski definition) is 7. The lowest BCUT2D eigenvalue weighted by Crippen LogP contribution is -2.15. The molecule has 2 aliphatic heterocycles. The number of aromatic hydroxyl groups is 1. The minimum atomic E-state index is -0.127. The molecule has 0 saturated carbocycles. The van der Waals surface area contributed by atoms with Crippen LogP contribution in [-0.4, -0.2) is 46.8 Å². The Bertz CT molecular complexity index is 856. The van der Waals surface area contributed by atoms with Crippen LogP contribution in [0.3, 0.4) is 0 Å². The van der Waals surface area contributed by atoms with Crippen LogP contribution in [0.5, 0.6) is 28.7 Å². The van der Waals surface area contributed by atoms with Crippen molar-refractivity contribution in [3.63, 3.8) is 0 Å². The first-order valence-corrected chi connectivity index (χ1v) is 9.51. The Labute approximate surface area is 170 Å². The van der Waals surface area contributed by atoms with Crippen LogP contribution < -0.4 is 18.9 Å². The summed E-state index contributed by atoms with van der Waals surface area (Å²) in [6, 6.07) is 9.21. The van der Waals surface area contributed by atoms with E-state index in [9.17, 15) is 5.11 Å². The maximum Gasteiger partial charge on any atom is 0.203 e. The zero-order valence-electron chi connectivity index (χ0n) is 17.0. The fourth-order valence-electron chi connectivity index (χ4n) is 4.37. The highest BCUT2D eigenvalue weighted by Crippen LogP contribution is 2.52. The van der Waals surface area contributed by atoms with Crippen molar-refractivity contribution in [3.8, 4) is 28.7 Å². The van der Waals surface area contributed by atoms with Crippen LogP contribution in [0, 0.1) is 11.8 Å². The van der Waals surface area contributed by atoms with E-state index >= 15 is 0 Å². The van der Waals surface area contributed by atoms with E-state index < -0.39 is 0 Å². The molecule has 2 fully saturated rings. The first-order valence-electron chi connectivity index (χ1n) is 9.51. The van der Waals surface area contributed by atoms with Gasteiger partial charge in [-0.1, -0.05) is 6.07 Å². The molecule has 29 heavy (non-hydrogen) atoms. The maximum atomic E-state index is 9.87. The van der Waals surface area contributed by atoms with E-state index in [-0.39, 0.29) is 29.8 Å². The lowest BCUT2D eigenvalue weighted by molar-refractivity contribution is 0.0191. The average molecular weight is 402 g/mol. The topological polar surface area (TPSA) is 75.6 Å². The molecule has 0 radical (unpaired) electrons. The molecule has 0 amide bonds. The lowest BCUT2D eigenvalue weighted by Gasteiger charge is -2.20. The van der Waals surface area contributed by atoms with Crippen molar-refractivity contribution in [3.05, 3.63) is 41.5 Å². The first-order chi connectivity index (χ1) is 14.1. The third-order valence-electron chi connectivity index (χ3n) is 5.81. The molecule has 0 bridgehead atoms. The number of methoxy groups -OCH3 is 4. The quantitative estimate of drug-likeness (QED) is 0.792. The fraction of sp³-hybridized carbons (Fsp3) is 0.455. The van der Waals surface area contributed by atoms with Gasteiger partial charge in [0.2, 0.25) is 5.75 Å². The largest absolute Gasteiger partial charge is 0.504 e. The molecule has 1 N–H and O–H groups in total. The van der Waals surface area contributed by atoms with Crippen LogP contribution in [-0.2, 0) is 9.47 Å². The smallest absolute Gasteiger partial charge is 0.203 e. The van der Waals surface area contributed by atoms with Crippen LogP contribution in [0.1, 0.15) is 23.3 Å². The molecule has 2 heterocycles. The second kappa shape index (κ2) is 8.00. The third kappa shape index (κ3) is 3.34. The second-order valence-corrected chi connectivity index (χ2v) is 7.23. The van der Waals surface area contributed by atoms with Gasteiger partial charge in [0.1, 0.15) is 0 Å². The molecule has 7 nitrogen and oxygen atoms in total. The van der Waals surface area contributed by atoms with E-state index in [1.54, 1.807) is 27.4 Å². The number of rotatable bonds is 6. The van der Waals surface area contributed by atoms with Crippen LogP contribution in [0.15, 0.2) is 30.3 Å². The van der Waals surface area contributed by atoms with E-state index in [1.807, 2.05) is 24.3 Å². The van der Waals surface area contributed by atoms with E-state index in [2.05, 4.69) is 0 Å². The minimum absolute atomic E-state index is 0.110. The number of phenolic OH excluding ortho intramolecular Hbond substituents is 1. The van der Waals surface area contributed by atoms with Gasteiger partial charge in [-0.3, -0.25) is 0 Å². The van der Waals surface area contributed by atoms with E-state index in [0.29, 0.717) is 36.2 Å². The molecule has 156 valence electrons. The number of phenols is 1. The van der Waals surface area contributed by atoms with Crippen molar-refractivity contribution in [2.75, 3.05) is 41.7 Å². The van der Waals surface area contributed by atoms with Gasteiger partial charge < -0.3 is 33.5 Å². The highest BCUT2D eigenvalue weighted by atomic mass is 16.5. The Morgan fingerprint density at radius 2 is 1.24 bits per heavy atom. The molecule has 7 heteroatoms. The number of fused-ring (bicyclic) bond motifs is 1. The molecule has 2 unspecified atom stereocenters. The molecular weight excluding hydrogens is 376 g/mol. The predicted molar refractivity (Wildman–Crippen MR) is 105 cm³/mol. The van der Waals surface area contributed by atoms with Crippen LogP contribution in [0.4, 0.5) is 0 Å². The Hall–Kier alpha value is -2.64. The number of hydrogen-bond donors (Lipinski definition) is 1. The lowest BCUT2D eigenvalue weighted by atomic mass is 9.84. The van der Waals surface area contributed by atoms with Gasteiger partial charge in [-0.15, -0.1) is 0 Å². The normalized spacial score (nSPS) is 25.5. The summed E-state index contributed by atoms with van der Waals surface area (Å²) >= 11 is 0. The number of ether oxygens (including phenoxy) is 6. The Kier molecular flexibility index (Phi) is 5.43. The fourth-order valence-corrected chi connectivity index (χ4v) is 4.37. The Morgan fingerprint density at radius 3 is 1.76 bits per heavy atom. The van der Waals surface area contributed by atoms with Gasteiger partial charge in [0.25, 0.3) is 0 Å².